The fraction of sp³-hybridized carbons (Fsp3) is 0.429. The summed E-state index contributed by atoms with van der Waals surface area (Å²) in [6.07, 6.45) is -0.239. The number of hydrogen-bond donors (Lipinski definition) is 2. The second-order valence-corrected chi connectivity index (χ2v) is 5.95. The van der Waals surface area contributed by atoms with Crippen molar-refractivity contribution in [2.75, 3.05) is 0 Å². The molecule has 1 atom stereocenters. The SMILES string of the molecule is CC(C)(C)OC(=O)[C@](N)(Cc1ccccc1Cl)C(=O)O. The van der Waals surface area contributed by atoms with Crippen molar-refractivity contribution in [3.8, 4) is 0 Å². The highest BCUT2D eigenvalue weighted by Gasteiger charge is 2.45. The first-order chi connectivity index (χ1) is 9.06. The van der Waals surface area contributed by atoms with Gasteiger partial charge >= 0.3 is 11.9 Å². The van der Waals surface area contributed by atoms with Gasteiger partial charge in [0.2, 0.25) is 5.54 Å². The molecule has 0 aliphatic carbocycles. The topological polar surface area (TPSA) is 89.6 Å². The number of carbonyl (C=O) groups is 2. The predicted molar refractivity (Wildman–Crippen MR) is 75.6 cm³/mol. The molecule has 1 aromatic rings. The summed E-state index contributed by atoms with van der Waals surface area (Å²) in [5.41, 5.74) is 3.25. The van der Waals surface area contributed by atoms with Crippen molar-refractivity contribution in [3.05, 3.63) is 34.9 Å². The van der Waals surface area contributed by atoms with Crippen LogP contribution in [0.25, 0.3) is 0 Å². The molecule has 0 saturated carbocycles. The molecular weight excluding hydrogens is 282 g/mol. The first-order valence-corrected chi connectivity index (χ1v) is 6.43. The first kappa shape index (κ1) is 16.5. The highest BCUT2D eigenvalue weighted by atomic mass is 35.5. The van der Waals surface area contributed by atoms with Gasteiger partial charge in [-0.15, -0.1) is 0 Å². The van der Waals surface area contributed by atoms with Gasteiger partial charge in [0.15, 0.2) is 0 Å². The Morgan fingerprint density at radius 2 is 1.85 bits per heavy atom. The minimum absolute atomic E-state index is 0.239. The van der Waals surface area contributed by atoms with E-state index in [0.29, 0.717) is 10.6 Å². The standard InChI is InChI=1S/C14H18ClNO4/c1-13(2,3)20-12(19)14(16,11(17)18)8-9-6-4-5-7-10(9)15/h4-7H,8,16H2,1-3H3,(H,17,18)/t14-/m0/s1. The number of rotatable bonds is 4. The van der Waals surface area contributed by atoms with Crippen molar-refractivity contribution in [3.63, 3.8) is 0 Å². The summed E-state index contributed by atoms with van der Waals surface area (Å²) in [6, 6.07) is 6.63. The molecule has 0 saturated heterocycles. The summed E-state index contributed by atoms with van der Waals surface area (Å²) >= 11 is 5.97. The molecule has 20 heavy (non-hydrogen) atoms. The van der Waals surface area contributed by atoms with Crippen molar-refractivity contribution >= 4 is 23.5 Å². The van der Waals surface area contributed by atoms with Crippen LogP contribution in [-0.2, 0) is 20.7 Å². The monoisotopic (exact) mass is 299 g/mol. The number of nitrogens with two attached hydrogens (primary N) is 1. The zero-order valence-corrected chi connectivity index (χ0v) is 12.4. The van der Waals surface area contributed by atoms with E-state index in [9.17, 15) is 14.7 Å². The van der Waals surface area contributed by atoms with Gasteiger partial charge in [-0.05, 0) is 32.4 Å². The van der Waals surface area contributed by atoms with E-state index < -0.39 is 23.1 Å². The molecule has 0 heterocycles. The normalized spacial score (nSPS) is 14.4. The molecule has 0 unspecified atom stereocenters. The van der Waals surface area contributed by atoms with Crippen molar-refractivity contribution in [1.29, 1.82) is 0 Å². The minimum atomic E-state index is -2.17. The Kier molecular flexibility index (Phi) is 4.78. The minimum Gasteiger partial charge on any atom is -0.479 e. The molecule has 0 amide bonds. The lowest BCUT2D eigenvalue weighted by Gasteiger charge is -2.28. The highest BCUT2D eigenvalue weighted by Crippen LogP contribution is 2.22. The van der Waals surface area contributed by atoms with Crippen LogP contribution in [0.4, 0.5) is 0 Å². The van der Waals surface area contributed by atoms with Crippen LogP contribution < -0.4 is 5.73 Å². The average Bonchev–Trinajstić information content (AvgIpc) is 2.29. The van der Waals surface area contributed by atoms with Gasteiger partial charge in [0.25, 0.3) is 0 Å². The number of ether oxygens (including phenoxy) is 1. The summed E-state index contributed by atoms with van der Waals surface area (Å²) < 4.78 is 5.09. The molecule has 1 aromatic carbocycles. The van der Waals surface area contributed by atoms with Gasteiger partial charge in [-0.2, -0.15) is 0 Å². The molecule has 0 radical (unpaired) electrons. The molecule has 0 aromatic heterocycles. The third kappa shape index (κ3) is 3.95. The van der Waals surface area contributed by atoms with Gasteiger partial charge in [-0.1, -0.05) is 29.8 Å². The second kappa shape index (κ2) is 5.81. The third-order valence-corrected chi connectivity index (χ3v) is 2.94. The van der Waals surface area contributed by atoms with Gasteiger partial charge in [0.1, 0.15) is 5.60 Å². The van der Waals surface area contributed by atoms with E-state index in [1.165, 1.54) is 0 Å². The van der Waals surface area contributed by atoms with Crippen molar-refractivity contribution in [1.82, 2.24) is 0 Å². The maximum atomic E-state index is 12.1. The van der Waals surface area contributed by atoms with E-state index in [0.717, 1.165) is 0 Å². The van der Waals surface area contributed by atoms with Gasteiger partial charge in [-0.25, -0.2) is 9.59 Å². The Morgan fingerprint density at radius 3 is 2.30 bits per heavy atom. The Bertz CT molecular complexity index is 524. The highest BCUT2D eigenvalue weighted by molar-refractivity contribution is 6.31. The number of carboxylic acid groups (broad SMARTS) is 1. The molecule has 110 valence electrons. The van der Waals surface area contributed by atoms with Crippen LogP contribution in [0.1, 0.15) is 26.3 Å². The maximum absolute atomic E-state index is 12.1. The Morgan fingerprint density at radius 1 is 1.30 bits per heavy atom. The van der Waals surface area contributed by atoms with Crippen molar-refractivity contribution in [2.45, 2.75) is 38.3 Å². The number of hydrogen-bond acceptors (Lipinski definition) is 4. The van der Waals surface area contributed by atoms with E-state index in [2.05, 4.69) is 0 Å². The second-order valence-electron chi connectivity index (χ2n) is 5.55. The molecule has 0 fully saturated rings. The van der Waals surface area contributed by atoms with Crippen LogP contribution in [-0.4, -0.2) is 28.2 Å². The van der Waals surface area contributed by atoms with Crippen LogP contribution in [0.5, 0.6) is 0 Å². The van der Waals surface area contributed by atoms with Gasteiger partial charge in [0, 0.05) is 11.4 Å². The van der Waals surface area contributed by atoms with Gasteiger partial charge in [0.05, 0.1) is 0 Å². The number of benzene rings is 1. The predicted octanol–water partition coefficient (Wildman–Crippen LogP) is 2.01. The smallest absolute Gasteiger partial charge is 0.338 e. The van der Waals surface area contributed by atoms with E-state index in [4.69, 9.17) is 22.1 Å². The summed E-state index contributed by atoms with van der Waals surface area (Å²) in [5.74, 6) is -2.44. The van der Waals surface area contributed by atoms with E-state index in [-0.39, 0.29) is 6.42 Å². The molecule has 1 rings (SSSR count). The maximum Gasteiger partial charge on any atom is 0.338 e. The number of esters is 1. The summed E-state index contributed by atoms with van der Waals surface area (Å²) in [5, 5.41) is 9.64. The zero-order valence-electron chi connectivity index (χ0n) is 11.6. The molecular formula is C14H18ClNO4. The average molecular weight is 300 g/mol. The lowest BCUT2D eigenvalue weighted by molar-refractivity contribution is -0.169. The summed E-state index contributed by atoms with van der Waals surface area (Å²) in [7, 11) is 0. The van der Waals surface area contributed by atoms with Crippen molar-refractivity contribution in [2.24, 2.45) is 5.73 Å². The van der Waals surface area contributed by atoms with Crippen LogP contribution in [0, 0.1) is 0 Å². The molecule has 0 aliphatic rings. The van der Waals surface area contributed by atoms with Gasteiger partial charge in [-0.3, -0.25) is 0 Å². The largest absolute Gasteiger partial charge is 0.479 e. The Balaban J connectivity index is 3.07. The van der Waals surface area contributed by atoms with Crippen LogP contribution in [0.3, 0.4) is 0 Å². The number of carbonyl (C=O) groups excluding carboxylic acids is 1. The summed E-state index contributed by atoms with van der Waals surface area (Å²) in [4.78, 5) is 23.5. The van der Waals surface area contributed by atoms with Gasteiger partial charge < -0.3 is 15.6 Å². The summed E-state index contributed by atoms with van der Waals surface area (Å²) in [6.45, 7) is 4.92. The van der Waals surface area contributed by atoms with Crippen molar-refractivity contribution < 1.29 is 19.4 Å². The van der Waals surface area contributed by atoms with E-state index >= 15 is 0 Å². The molecule has 6 heteroatoms. The number of carboxylic acids is 1. The number of aliphatic carboxylic acids is 1. The van der Waals surface area contributed by atoms with Crippen LogP contribution >= 0.6 is 11.6 Å². The quantitative estimate of drug-likeness (QED) is 0.655. The third-order valence-electron chi connectivity index (χ3n) is 2.57. The lowest BCUT2D eigenvalue weighted by atomic mass is 9.91. The Hall–Kier alpha value is -1.59. The molecule has 0 aliphatic heterocycles. The van der Waals surface area contributed by atoms with E-state index in [1.807, 2.05) is 0 Å². The van der Waals surface area contributed by atoms with E-state index in [1.54, 1.807) is 45.0 Å². The molecule has 0 spiro atoms. The molecule has 0 bridgehead atoms. The fourth-order valence-electron chi connectivity index (χ4n) is 1.55. The Labute approximate surface area is 122 Å². The molecule has 5 nitrogen and oxygen atoms in total. The van der Waals surface area contributed by atoms with Crippen LogP contribution in [0.15, 0.2) is 24.3 Å². The first-order valence-electron chi connectivity index (χ1n) is 6.05. The number of halogens is 1. The fourth-order valence-corrected chi connectivity index (χ4v) is 1.75. The lowest BCUT2D eigenvalue weighted by Crippen LogP contribution is -2.58. The molecule has 3 N–H and O–H groups in total. The zero-order chi connectivity index (χ0) is 15.6. The van der Waals surface area contributed by atoms with Crippen LogP contribution in [0.2, 0.25) is 5.02 Å².